The summed E-state index contributed by atoms with van der Waals surface area (Å²) in [7, 11) is -3.87. The van der Waals surface area contributed by atoms with E-state index < -0.39 is 10.0 Å². The lowest BCUT2D eigenvalue weighted by Crippen LogP contribution is -2.14. The average Bonchev–Trinajstić information content (AvgIpc) is 2.80. The van der Waals surface area contributed by atoms with Crippen LogP contribution in [0.15, 0.2) is 35.5 Å². The number of H-pyrrole nitrogens is 1. The van der Waals surface area contributed by atoms with Gasteiger partial charge in [0.05, 0.1) is 22.5 Å². The van der Waals surface area contributed by atoms with Crippen molar-refractivity contribution in [1.82, 2.24) is 10.2 Å². The van der Waals surface area contributed by atoms with Gasteiger partial charge in [-0.15, -0.1) is 0 Å². The van der Waals surface area contributed by atoms with E-state index in [4.69, 9.17) is 16.9 Å². The number of sulfonamides is 1. The zero-order valence-corrected chi connectivity index (χ0v) is 10.5. The third kappa shape index (κ3) is 2.30. The molecule has 0 bridgehead atoms. The zero-order valence-electron chi connectivity index (χ0n) is 8.88. The van der Waals surface area contributed by atoms with Crippen molar-refractivity contribution in [2.45, 2.75) is 4.90 Å². The van der Waals surface area contributed by atoms with Crippen molar-refractivity contribution in [3.8, 4) is 6.07 Å². The molecule has 0 amide bonds. The van der Waals surface area contributed by atoms with Crippen LogP contribution >= 0.6 is 11.6 Å². The molecule has 2 aromatic rings. The maximum atomic E-state index is 12.1. The van der Waals surface area contributed by atoms with Gasteiger partial charge in [0, 0.05) is 6.20 Å². The Bertz CT molecular complexity index is 704. The number of benzene rings is 1. The molecule has 8 heteroatoms. The molecule has 92 valence electrons. The standard InChI is InChI=1S/C10H7ClN4O2S/c11-9-2-1-3-10(8(9)4-12)18(16,17)15-7-5-13-14-6-7/h1-3,5-6,15H,(H,13,14). The van der Waals surface area contributed by atoms with Crippen LogP contribution in [-0.4, -0.2) is 18.6 Å². The van der Waals surface area contributed by atoms with E-state index in [2.05, 4.69) is 14.9 Å². The Balaban J connectivity index is 2.49. The third-order valence-electron chi connectivity index (χ3n) is 2.13. The predicted octanol–water partition coefficient (Wildman–Crippen LogP) is 1.74. The number of nitrogens with one attached hydrogen (secondary N) is 2. The van der Waals surface area contributed by atoms with Crippen LogP contribution in [0.1, 0.15) is 5.56 Å². The minimum absolute atomic E-state index is 0.0878. The second-order valence-corrected chi connectivity index (χ2v) is 5.38. The van der Waals surface area contributed by atoms with Gasteiger partial charge in [0.25, 0.3) is 10.0 Å². The fourth-order valence-electron chi connectivity index (χ4n) is 1.35. The van der Waals surface area contributed by atoms with Gasteiger partial charge >= 0.3 is 0 Å². The van der Waals surface area contributed by atoms with Crippen molar-refractivity contribution < 1.29 is 8.42 Å². The molecule has 0 aliphatic carbocycles. The smallest absolute Gasteiger partial charge is 0.263 e. The van der Waals surface area contributed by atoms with E-state index in [0.29, 0.717) is 0 Å². The molecule has 0 atom stereocenters. The van der Waals surface area contributed by atoms with Gasteiger partial charge in [-0.25, -0.2) is 8.42 Å². The van der Waals surface area contributed by atoms with Gasteiger partial charge in [0.15, 0.2) is 0 Å². The van der Waals surface area contributed by atoms with Gasteiger partial charge in [0.1, 0.15) is 11.0 Å². The van der Waals surface area contributed by atoms with E-state index in [1.165, 1.54) is 30.6 Å². The number of anilines is 1. The maximum Gasteiger partial charge on any atom is 0.263 e. The Morgan fingerprint density at radius 2 is 2.22 bits per heavy atom. The van der Waals surface area contributed by atoms with E-state index in [1.807, 2.05) is 0 Å². The van der Waals surface area contributed by atoms with Crippen LogP contribution in [0.25, 0.3) is 0 Å². The Morgan fingerprint density at radius 3 is 2.83 bits per heavy atom. The predicted molar refractivity (Wildman–Crippen MR) is 65.6 cm³/mol. The lowest BCUT2D eigenvalue weighted by molar-refractivity contribution is 0.601. The van der Waals surface area contributed by atoms with Crippen molar-refractivity contribution in [3.05, 3.63) is 41.2 Å². The van der Waals surface area contributed by atoms with Crippen molar-refractivity contribution in [2.75, 3.05) is 4.72 Å². The van der Waals surface area contributed by atoms with E-state index >= 15 is 0 Å². The number of rotatable bonds is 3. The number of nitriles is 1. The highest BCUT2D eigenvalue weighted by atomic mass is 35.5. The Morgan fingerprint density at radius 1 is 1.44 bits per heavy atom. The molecule has 0 radical (unpaired) electrons. The minimum Gasteiger partial charge on any atom is -0.284 e. The van der Waals surface area contributed by atoms with Crippen LogP contribution in [-0.2, 0) is 10.0 Å². The Hall–Kier alpha value is -2.04. The van der Waals surface area contributed by atoms with Crippen LogP contribution < -0.4 is 4.72 Å². The summed E-state index contributed by atoms with van der Waals surface area (Å²) < 4.78 is 26.4. The number of aromatic nitrogens is 2. The van der Waals surface area contributed by atoms with Crippen molar-refractivity contribution in [1.29, 1.82) is 5.26 Å². The van der Waals surface area contributed by atoms with E-state index in [1.54, 1.807) is 6.07 Å². The highest BCUT2D eigenvalue weighted by molar-refractivity contribution is 7.92. The first kappa shape index (κ1) is 12.4. The molecule has 0 aliphatic rings. The summed E-state index contributed by atoms with van der Waals surface area (Å²) >= 11 is 5.78. The molecule has 0 spiro atoms. The molecule has 0 unspecified atom stereocenters. The Labute approximate surface area is 108 Å². The lowest BCUT2D eigenvalue weighted by Gasteiger charge is -2.08. The van der Waals surface area contributed by atoms with Crippen LogP contribution in [0.2, 0.25) is 5.02 Å². The zero-order chi connectivity index (χ0) is 13.2. The molecular formula is C10H7ClN4O2S. The molecule has 1 aromatic carbocycles. The molecule has 6 nitrogen and oxygen atoms in total. The fraction of sp³-hybridized carbons (Fsp3) is 0. The monoisotopic (exact) mass is 282 g/mol. The first-order valence-corrected chi connectivity index (χ1v) is 6.61. The minimum atomic E-state index is -3.87. The summed E-state index contributed by atoms with van der Waals surface area (Å²) in [5.41, 5.74) is 0.189. The fourth-order valence-corrected chi connectivity index (χ4v) is 2.84. The number of halogens is 1. The first-order valence-electron chi connectivity index (χ1n) is 4.75. The van der Waals surface area contributed by atoms with Gasteiger partial charge < -0.3 is 0 Å². The number of nitrogens with zero attached hydrogens (tertiary/aromatic N) is 2. The number of hydrogen-bond acceptors (Lipinski definition) is 4. The summed E-state index contributed by atoms with van der Waals surface area (Å²) in [6, 6.07) is 6.01. The Kier molecular flexibility index (Phi) is 3.23. The van der Waals surface area contributed by atoms with Gasteiger partial charge in [-0.2, -0.15) is 10.4 Å². The number of aromatic amines is 1. The van der Waals surface area contributed by atoms with Crippen LogP contribution in [0.5, 0.6) is 0 Å². The topological polar surface area (TPSA) is 98.6 Å². The van der Waals surface area contributed by atoms with Crippen molar-refractivity contribution in [2.24, 2.45) is 0 Å². The van der Waals surface area contributed by atoms with Crippen LogP contribution in [0.4, 0.5) is 5.69 Å². The maximum absolute atomic E-state index is 12.1. The van der Waals surface area contributed by atoms with E-state index in [9.17, 15) is 8.42 Å². The molecule has 0 saturated carbocycles. The summed E-state index contributed by atoms with van der Waals surface area (Å²) in [5.74, 6) is 0. The third-order valence-corrected chi connectivity index (χ3v) is 3.87. The second kappa shape index (κ2) is 4.68. The SMILES string of the molecule is N#Cc1c(Cl)cccc1S(=O)(=O)Nc1cn[nH]c1. The largest absolute Gasteiger partial charge is 0.284 e. The van der Waals surface area contributed by atoms with E-state index in [-0.39, 0.29) is 21.2 Å². The van der Waals surface area contributed by atoms with Gasteiger partial charge in [0.2, 0.25) is 0 Å². The number of hydrogen-bond donors (Lipinski definition) is 2. The normalized spacial score (nSPS) is 10.9. The molecule has 2 rings (SSSR count). The summed E-state index contributed by atoms with van der Waals surface area (Å²) in [5, 5.41) is 15.1. The molecule has 18 heavy (non-hydrogen) atoms. The molecule has 0 saturated heterocycles. The quantitative estimate of drug-likeness (QED) is 0.895. The van der Waals surface area contributed by atoms with Crippen LogP contribution in [0.3, 0.4) is 0 Å². The van der Waals surface area contributed by atoms with Gasteiger partial charge in [-0.1, -0.05) is 17.7 Å². The molecule has 1 heterocycles. The second-order valence-electron chi connectivity index (χ2n) is 3.32. The first-order chi connectivity index (χ1) is 8.54. The average molecular weight is 283 g/mol. The van der Waals surface area contributed by atoms with Crippen molar-refractivity contribution >= 4 is 27.3 Å². The molecule has 1 aromatic heterocycles. The highest BCUT2D eigenvalue weighted by Crippen LogP contribution is 2.24. The van der Waals surface area contributed by atoms with Gasteiger partial charge in [-0.05, 0) is 12.1 Å². The molecule has 0 fully saturated rings. The lowest BCUT2D eigenvalue weighted by atomic mass is 10.2. The van der Waals surface area contributed by atoms with Gasteiger partial charge in [-0.3, -0.25) is 9.82 Å². The summed E-state index contributed by atoms with van der Waals surface area (Å²) in [6.45, 7) is 0. The van der Waals surface area contributed by atoms with E-state index in [0.717, 1.165) is 0 Å². The van der Waals surface area contributed by atoms with Crippen molar-refractivity contribution in [3.63, 3.8) is 0 Å². The summed E-state index contributed by atoms with van der Waals surface area (Å²) in [6.07, 6.45) is 2.70. The van der Waals surface area contributed by atoms with Crippen LogP contribution in [0, 0.1) is 11.3 Å². The molecule has 2 N–H and O–H groups in total. The summed E-state index contributed by atoms with van der Waals surface area (Å²) in [4.78, 5) is -0.168. The molecule has 0 aliphatic heterocycles. The highest BCUT2D eigenvalue weighted by Gasteiger charge is 2.20. The molecular weight excluding hydrogens is 276 g/mol.